The minimum atomic E-state index is 0. The Bertz CT molecular complexity index is 396. The van der Waals surface area contributed by atoms with Crippen LogP contribution in [0, 0.1) is 5.92 Å². The lowest BCUT2D eigenvalue weighted by Crippen LogP contribution is -2.45. The van der Waals surface area contributed by atoms with Gasteiger partial charge < -0.3 is 15.2 Å². The number of aliphatic imine (C=N–C) groups is 1. The summed E-state index contributed by atoms with van der Waals surface area (Å²) in [6, 6.07) is 0.589. The summed E-state index contributed by atoms with van der Waals surface area (Å²) in [5.41, 5.74) is 0. The van der Waals surface area contributed by atoms with Gasteiger partial charge in [-0.1, -0.05) is 6.92 Å². The Kier molecular flexibility index (Phi) is 8.72. The molecule has 0 atom stereocenters. The third kappa shape index (κ3) is 6.67. The molecule has 1 fully saturated rings. The molecule has 21 heavy (non-hydrogen) atoms. The van der Waals surface area contributed by atoms with Crippen molar-refractivity contribution in [2.75, 3.05) is 13.6 Å². The van der Waals surface area contributed by atoms with Gasteiger partial charge in [-0.2, -0.15) is 0 Å². The van der Waals surface area contributed by atoms with E-state index >= 15 is 0 Å². The maximum atomic E-state index is 4.31. The minimum Gasteiger partial charge on any atom is -0.356 e. The molecule has 2 N–H and O–H groups in total. The van der Waals surface area contributed by atoms with Crippen LogP contribution in [-0.2, 0) is 6.54 Å². The molecular weight excluding hydrogens is 377 g/mol. The lowest BCUT2D eigenvalue weighted by Gasteiger charge is -2.28. The van der Waals surface area contributed by atoms with E-state index in [4.69, 9.17) is 0 Å². The Morgan fingerprint density at radius 2 is 2.10 bits per heavy atom. The molecule has 120 valence electrons. The fourth-order valence-corrected chi connectivity index (χ4v) is 2.68. The van der Waals surface area contributed by atoms with Crippen LogP contribution in [-0.4, -0.2) is 35.1 Å². The number of hydrogen-bond donors (Lipinski definition) is 2. The zero-order chi connectivity index (χ0) is 14.2. The van der Waals surface area contributed by atoms with Crippen LogP contribution in [0.15, 0.2) is 23.7 Å². The molecule has 1 aromatic heterocycles. The zero-order valence-corrected chi connectivity index (χ0v) is 15.4. The molecule has 0 aliphatic heterocycles. The van der Waals surface area contributed by atoms with Crippen LogP contribution in [0.1, 0.15) is 39.0 Å². The molecule has 0 radical (unpaired) electrons. The molecule has 0 spiro atoms. The average molecular weight is 405 g/mol. The SMILES string of the molecule is CN=C(NCCCn1ccnc1)NC1CCC(C)CC1.I. The van der Waals surface area contributed by atoms with E-state index in [2.05, 4.69) is 32.1 Å². The van der Waals surface area contributed by atoms with Gasteiger partial charge in [0, 0.05) is 38.6 Å². The molecule has 0 aromatic carbocycles. The fourth-order valence-electron chi connectivity index (χ4n) is 2.68. The van der Waals surface area contributed by atoms with E-state index in [1.165, 1.54) is 25.7 Å². The predicted octanol–water partition coefficient (Wildman–Crippen LogP) is 2.63. The van der Waals surface area contributed by atoms with E-state index in [1.807, 2.05) is 25.8 Å². The number of nitrogens with zero attached hydrogens (tertiary/aromatic N) is 3. The van der Waals surface area contributed by atoms with E-state index in [9.17, 15) is 0 Å². The summed E-state index contributed by atoms with van der Waals surface area (Å²) in [5.74, 6) is 1.83. The van der Waals surface area contributed by atoms with Crippen molar-refractivity contribution in [3.63, 3.8) is 0 Å². The Morgan fingerprint density at radius 3 is 2.71 bits per heavy atom. The van der Waals surface area contributed by atoms with Crippen LogP contribution in [0.4, 0.5) is 0 Å². The molecule has 0 amide bonds. The fraction of sp³-hybridized carbons (Fsp3) is 0.733. The standard InChI is InChI=1S/C15H27N5.HI/c1-13-4-6-14(7-5-13)19-15(16-2)18-8-3-10-20-11-9-17-12-20;/h9,11-14H,3-8,10H2,1-2H3,(H2,16,18,19);1H. The highest BCUT2D eigenvalue weighted by Gasteiger charge is 2.18. The molecule has 0 bridgehead atoms. The van der Waals surface area contributed by atoms with Crippen LogP contribution in [0.5, 0.6) is 0 Å². The van der Waals surface area contributed by atoms with Crippen molar-refractivity contribution in [2.24, 2.45) is 10.9 Å². The molecule has 2 rings (SSSR count). The molecule has 1 saturated carbocycles. The average Bonchev–Trinajstić information content (AvgIpc) is 2.97. The first-order valence-corrected chi connectivity index (χ1v) is 7.71. The van der Waals surface area contributed by atoms with Crippen LogP contribution >= 0.6 is 24.0 Å². The number of guanidine groups is 1. The van der Waals surface area contributed by atoms with E-state index in [-0.39, 0.29) is 24.0 Å². The van der Waals surface area contributed by atoms with Gasteiger partial charge in [-0.3, -0.25) is 4.99 Å². The first kappa shape index (κ1) is 18.3. The number of nitrogens with one attached hydrogen (secondary N) is 2. The predicted molar refractivity (Wildman–Crippen MR) is 98.2 cm³/mol. The summed E-state index contributed by atoms with van der Waals surface area (Å²) in [5, 5.41) is 6.94. The van der Waals surface area contributed by atoms with Crippen LogP contribution in [0.2, 0.25) is 0 Å². The normalized spacial score (nSPS) is 22.5. The summed E-state index contributed by atoms with van der Waals surface area (Å²) < 4.78 is 2.10. The molecule has 1 heterocycles. The lowest BCUT2D eigenvalue weighted by atomic mass is 9.87. The second kappa shape index (κ2) is 10.0. The van der Waals surface area contributed by atoms with E-state index in [1.54, 1.807) is 0 Å². The smallest absolute Gasteiger partial charge is 0.191 e. The van der Waals surface area contributed by atoms with Crippen molar-refractivity contribution >= 4 is 29.9 Å². The number of imidazole rings is 1. The highest BCUT2D eigenvalue weighted by Crippen LogP contribution is 2.23. The number of aryl methyl sites for hydroxylation is 1. The first-order chi connectivity index (χ1) is 9.78. The van der Waals surface area contributed by atoms with Gasteiger partial charge >= 0.3 is 0 Å². The first-order valence-electron chi connectivity index (χ1n) is 7.71. The molecule has 0 saturated heterocycles. The molecular formula is C15H28IN5. The van der Waals surface area contributed by atoms with Gasteiger partial charge in [0.1, 0.15) is 0 Å². The Balaban J connectivity index is 0.00000220. The van der Waals surface area contributed by atoms with Gasteiger partial charge in [0.2, 0.25) is 0 Å². The van der Waals surface area contributed by atoms with Gasteiger partial charge in [0.15, 0.2) is 5.96 Å². The van der Waals surface area contributed by atoms with Gasteiger partial charge in [-0.15, -0.1) is 24.0 Å². The molecule has 1 aliphatic carbocycles. The third-order valence-electron chi connectivity index (χ3n) is 4.03. The number of halogens is 1. The van der Waals surface area contributed by atoms with Crippen LogP contribution in [0.25, 0.3) is 0 Å². The largest absolute Gasteiger partial charge is 0.356 e. The molecule has 5 nitrogen and oxygen atoms in total. The van der Waals surface area contributed by atoms with Crippen molar-refractivity contribution in [3.8, 4) is 0 Å². The van der Waals surface area contributed by atoms with E-state index in [0.717, 1.165) is 31.4 Å². The molecule has 0 unspecified atom stereocenters. The van der Waals surface area contributed by atoms with Crippen LogP contribution in [0.3, 0.4) is 0 Å². The number of hydrogen-bond acceptors (Lipinski definition) is 2. The Hall–Kier alpha value is -0.790. The van der Waals surface area contributed by atoms with E-state index < -0.39 is 0 Å². The van der Waals surface area contributed by atoms with Gasteiger partial charge in [-0.05, 0) is 38.0 Å². The second-order valence-corrected chi connectivity index (χ2v) is 5.75. The van der Waals surface area contributed by atoms with Crippen molar-refractivity contribution in [2.45, 2.75) is 51.6 Å². The summed E-state index contributed by atoms with van der Waals surface area (Å²) >= 11 is 0. The molecule has 1 aliphatic rings. The Labute approximate surface area is 145 Å². The highest BCUT2D eigenvalue weighted by atomic mass is 127. The second-order valence-electron chi connectivity index (χ2n) is 5.75. The summed E-state index contributed by atoms with van der Waals surface area (Å²) in [7, 11) is 1.84. The van der Waals surface area contributed by atoms with Gasteiger partial charge in [-0.25, -0.2) is 4.98 Å². The summed E-state index contributed by atoms with van der Waals surface area (Å²) in [4.78, 5) is 8.35. The van der Waals surface area contributed by atoms with E-state index in [0.29, 0.717) is 6.04 Å². The van der Waals surface area contributed by atoms with Crippen molar-refractivity contribution in [3.05, 3.63) is 18.7 Å². The van der Waals surface area contributed by atoms with Crippen molar-refractivity contribution in [1.29, 1.82) is 0 Å². The Morgan fingerprint density at radius 1 is 1.33 bits per heavy atom. The van der Waals surface area contributed by atoms with Crippen LogP contribution < -0.4 is 10.6 Å². The maximum absolute atomic E-state index is 4.31. The van der Waals surface area contributed by atoms with Gasteiger partial charge in [0.25, 0.3) is 0 Å². The van der Waals surface area contributed by atoms with Crippen molar-refractivity contribution < 1.29 is 0 Å². The topological polar surface area (TPSA) is 54.2 Å². The highest BCUT2D eigenvalue weighted by molar-refractivity contribution is 14.0. The quantitative estimate of drug-likeness (QED) is 0.343. The number of aromatic nitrogens is 2. The van der Waals surface area contributed by atoms with Gasteiger partial charge in [0.05, 0.1) is 6.33 Å². The third-order valence-corrected chi connectivity index (χ3v) is 4.03. The minimum absolute atomic E-state index is 0. The monoisotopic (exact) mass is 405 g/mol. The van der Waals surface area contributed by atoms with Crippen molar-refractivity contribution in [1.82, 2.24) is 20.2 Å². The zero-order valence-electron chi connectivity index (χ0n) is 13.1. The lowest BCUT2D eigenvalue weighted by molar-refractivity contribution is 0.329. The summed E-state index contributed by atoms with van der Waals surface area (Å²) in [6.07, 6.45) is 11.9. The maximum Gasteiger partial charge on any atom is 0.191 e. The summed E-state index contributed by atoms with van der Waals surface area (Å²) in [6.45, 7) is 4.27. The molecule has 1 aromatic rings. The number of rotatable bonds is 5. The molecule has 6 heteroatoms.